The topological polar surface area (TPSA) is 78.7 Å². The summed E-state index contributed by atoms with van der Waals surface area (Å²) in [6.45, 7) is 2.23. The summed E-state index contributed by atoms with van der Waals surface area (Å²) in [6.07, 6.45) is 6.75. The van der Waals surface area contributed by atoms with Crippen molar-refractivity contribution in [3.63, 3.8) is 0 Å². The SMILES string of the molecule is CC1CCc2nc(SCCC(=O)Nc3cccnc3)c(C#N)cc2C1. The number of anilines is 1. The highest BCUT2D eigenvalue weighted by atomic mass is 32.2. The lowest BCUT2D eigenvalue weighted by molar-refractivity contribution is -0.115. The Kier molecular flexibility index (Phi) is 5.67. The van der Waals surface area contributed by atoms with Crippen molar-refractivity contribution in [1.29, 1.82) is 5.26 Å². The molecule has 6 heteroatoms. The van der Waals surface area contributed by atoms with Crippen molar-refractivity contribution < 1.29 is 4.79 Å². The average Bonchev–Trinajstić information content (AvgIpc) is 2.62. The van der Waals surface area contributed by atoms with E-state index in [1.54, 1.807) is 24.5 Å². The third kappa shape index (κ3) is 4.58. The molecule has 1 unspecified atom stereocenters. The zero-order valence-electron chi connectivity index (χ0n) is 14.2. The number of carbonyl (C=O) groups is 1. The summed E-state index contributed by atoms with van der Waals surface area (Å²) in [5.41, 5.74) is 3.62. The lowest BCUT2D eigenvalue weighted by atomic mass is 9.87. The van der Waals surface area contributed by atoms with Gasteiger partial charge in [0.15, 0.2) is 0 Å². The summed E-state index contributed by atoms with van der Waals surface area (Å²) in [6, 6.07) is 7.81. The van der Waals surface area contributed by atoms with Crippen LogP contribution >= 0.6 is 11.8 Å². The van der Waals surface area contributed by atoms with Crippen molar-refractivity contribution in [2.45, 2.75) is 37.6 Å². The number of thioether (sulfide) groups is 1. The van der Waals surface area contributed by atoms with Crippen LogP contribution in [0.15, 0.2) is 35.6 Å². The van der Waals surface area contributed by atoms with Crippen LogP contribution in [0.4, 0.5) is 5.69 Å². The summed E-state index contributed by atoms with van der Waals surface area (Å²) >= 11 is 1.47. The van der Waals surface area contributed by atoms with E-state index in [4.69, 9.17) is 4.98 Å². The zero-order chi connectivity index (χ0) is 17.6. The first kappa shape index (κ1) is 17.4. The standard InChI is InChI=1S/C19H20N4OS/c1-13-4-5-17-14(9-13)10-15(11-20)19(23-17)25-8-6-18(24)22-16-3-2-7-21-12-16/h2-3,7,10,12-13H,4-6,8-9H2,1H3,(H,22,24). The number of hydrogen-bond donors (Lipinski definition) is 1. The monoisotopic (exact) mass is 352 g/mol. The number of rotatable bonds is 5. The van der Waals surface area contributed by atoms with E-state index >= 15 is 0 Å². The first-order valence-electron chi connectivity index (χ1n) is 8.41. The van der Waals surface area contributed by atoms with Crippen LogP contribution in [0.2, 0.25) is 0 Å². The van der Waals surface area contributed by atoms with Gasteiger partial charge >= 0.3 is 0 Å². The van der Waals surface area contributed by atoms with E-state index in [0.29, 0.717) is 29.3 Å². The van der Waals surface area contributed by atoms with Crippen LogP contribution in [0.25, 0.3) is 0 Å². The molecular weight excluding hydrogens is 332 g/mol. The third-order valence-corrected chi connectivity index (χ3v) is 5.22. The van der Waals surface area contributed by atoms with Gasteiger partial charge < -0.3 is 5.32 Å². The van der Waals surface area contributed by atoms with Crippen LogP contribution in [-0.2, 0) is 17.6 Å². The van der Waals surface area contributed by atoms with Crippen molar-refractivity contribution in [2.75, 3.05) is 11.1 Å². The van der Waals surface area contributed by atoms with Crippen molar-refractivity contribution >= 4 is 23.4 Å². The van der Waals surface area contributed by atoms with E-state index in [0.717, 1.165) is 30.0 Å². The van der Waals surface area contributed by atoms with Gasteiger partial charge in [-0.05, 0) is 48.9 Å². The smallest absolute Gasteiger partial charge is 0.225 e. The Morgan fingerprint density at radius 1 is 1.52 bits per heavy atom. The Morgan fingerprint density at radius 3 is 3.16 bits per heavy atom. The van der Waals surface area contributed by atoms with Crippen molar-refractivity contribution in [3.05, 3.63) is 47.4 Å². The maximum atomic E-state index is 12.0. The third-order valence-electron chi connectivity index (χ3n) is 4.23. The van der Waals surface area contributed by atoms with Gasteiger partial charge in [0.25, 0.3) is 0 Å². The molecule has 0 saturated carbocycles. The number of amides is 1. The van der Waals surface area contributed by atoms with Crippen molar-refractivity contribution in [3.8, 4) is 6.07 Å². The van der Waals surface area contributed by atoms with Crippen LogP contribution in [-0.4, -0.2) is 21.6 Å². The molecule has 0 radical (unpaired) electrons. The molecule has 5 nitrogen and oxygen atoms in total. The molecule has 2 aromatic rings. The minimum absolute atomic E-state index is 0.0641. The number of hydrogen-bond acceptors (Lipinski definition) is 5. The van der Waals surface area contributed by atoms with E-state index < -0.39 is 0 Å². The Hall–Kier alpha value is -2.39. The molecule has 128 valence electrons. The van der Waals surface area contributed by atoms with Crippen LogP contribution in [0.5, 0.6) is 0 Å². The normalized spacial score (nSPS) is 15.9. The number of pyridine rings is 2. The molecule has 0 bridgehead atoms. The molecular formula is C19H20N4OS. The van der Waals surface area contributed by atoms with Crippen molar-refractivity contribution in [1.82, 2.24) is 9.97 Å². The van der Waals surface area contributed by atoms with Gasteiger partial charge in [-0.2, -0.15) is 5.26 Å². The van der Waals surface area contributed by atoms with Gasteiger partial charge in [0.2, 0.25) is 5.91 Å². The highest BCUT2D eigenvalue weighted by Crippen LogP contribution is 2.29. The Labute approximate surface area is 151 Å². The number of nitrogens with one attached hydrogen (secondary N) is 1. The molecule has 0 aliphatic heterocycles. The fraction of sp³-hybridized carbons (Fsp3) is 0.368. The highest BCUT2D eigenvalue weighted by Gasteiger charge is 2.19. The molecule has 0 spiro atoms. The van der Waals surface area contributed by atoms with Gasteiger partial charge in [-0.25, -0.2) is 4.98 Å². The summed E-state index contributed by atoms with van der Waals surface area (Å²) in [4.78, 5) is 20.7. The quantitative estimate of drug-likeness (QED) is 0.832. The second kappa shape index (κ2) is 8.13. The minimum atomic E-state index is -0.0641. The van der Waals surface area contributed by atoms with Gasteiger partial charge in [-0.15, -0.1) is 11.8 Å². The molecule has 3 rings (SSSR count). The molecule has 0 saturated heterocycles. The summed E-state index contributed by atoms with van der Waals surface area (Å²) in [5, 5.41) is 13.0. The van der Waals surface area contributed by atoms with E-state index in [-0.39, 0.29) is 5.91 Å². The molecule has 2 aromatic heterocycles. The summed E-state index contributed by atoms with van der Waals surface area (Å²) in [5.74, 6) is 1.17. The highest BCUT2D eigenvalue weighted by molar-refractivity contribution is 7.99. The molecule has 1 N–H and O–H groups in total. The molecule has 1 amide bonds. The predicted molar refractivity (Wildman–Crippen MR) is 98.3 cm³/mol. The minimum Gasteiger partial charge on any atom is -0.325 e. The average molecular weight is 352 g/mol. The van der Waals surface area contributed by atoms with Gasteiger partial charge in [-0.1, -0.05) is 6.92 Å². The van der Waals surface area contributed by atoms with Gasteiger partial charge in [0.05, 0.1) is 17.4 Å². The zero-order valence-corrected chi connectivity index (χ0v) is 15.0. The van der Waals surface area contributed by atoms with Gasteiger partial charge in [0, 0.05) is 24.1 Å². The fourth-order valence-electron chi connectivity index (χ4n) is 2.92. The van der Waals surface area contributed by atoms with Crippen LogP contribution in [0, 0.1) is 17.2 Å². The lowest BCUT2D eigenvalue weighted by Gasteiger charge is -2.21. The van der Waals surface area contributed by atoms with Crippen LogP contribution in [0.1, 0.15) is 36.6 Å². The Bertz CT molecular complexity index is 801. The molecule has 2 heterocycles. The largest absolute Gasteiger partial charge is 0.325 e. The number of fused-ring (bicyclic) bond motifs is 1. The van der Waals surface area contributed by atoms with Gasteiger partial charge in [-0.3, -0.25) is 9.78 Å². The van der Waals surface area contributed by atoms with Crippen LogP contribution < -0.4 is 5.32 Å². The maximum Gasteiger partial charge on any atom is 0.225 e. The molecule has 0 aromatic carbocycles. The first-order chi connectivity index (χ1) is 12.2. The molecule has 0 fully saturated rings. The number of aromatic nitrogens is 2. The van der Waals surface area contributed by atoms with Gasteiger partial charge in [0.1, 0.15) is 11.1 Å². The Morgan fingerprint density at radius 2 is 2.40 bits per heavy atom. The van der Waals surface area contributed by atoms with Crippen molar-refractivity contribution in [2.24, 2.45) is 5.92 Å². The van der Waals surface area contributed by atoms with E-state index in [2.05, 4.69) is 23.3 Å². The maximum absolute atomic E-state index is 12.0. The van der Waals surface area contributed by atoms with E-state index in [1.807, 2.05) is 6.07 Å². The van der Waals surface area contributed by atoms with E-state index in [1.165, 1.54) is 17.3 Å². The predicted octanol–water partition coefficient (Wildman–Crippen LogP) is 3.59. The summed E-state index contributed by atoms with van der Waals surface area (Å²) < 4.78 is 0. The fourth-order valence-corrected chi connectivity index (χ4v) is 3.83. The first-order valence-corrected chi connectivity index (χ1v) is 9.40. The second-order valence-electron chi connectivity index (χ2n) is 6.30. The number of aryl methyl sites for hydroxylation is 1. The molecule has 1 atom stereocenters. The molecule has 25 heavy (non-hydrogen) atoms. The van der Waals surface area contributed by atoms with E-state index in [9.17, 15) is 10.1 Å². The number of nitriles is 1. The number of carbonyl (C=O) groups excluding carboxylic acids is 1. The lowest BCUT2D eigenvalue weighted by Crippen LogP contribution is -2.14. The van der Waals surface area contributed by atoms with Crippen LogP contribution in [0.3, 0.4) is 0 Å². The molecule has 1 aliphatic carbocycles. The molecule has 1 aliphatic rings. The summed E-state index contributed by atoms with van der Waals surface area (Å²) in [7, 11) is 0. The Balaban J connectivity index is 1.59. The second-order valence-corrected chi connectivity index (χ2v) is 7.38. The number of nitrogens with zero attached hydrogens (tertiary/aromatic N) is 3.